The Balaban J connectivity index is 1.98. The highest BCUT2D eigenvalue weighted by Crippen LogP contribution is 2.18. The zero-order valence-corrected chi connectivity index (χ0v) is 13.3. The Morgan fingerprint density at radius 3 is 2.36 bits per heavy atom. The second-order valence-electron chi connectivity index (χ2n) is 4.92. The van der Waals surface area contributed by atoms with E-state index in [1.165, 1.54) is 25.2 Å². The van der Waals surface area contributed by atoms with Gasteiger partial charge in [-0.3, -0.25) is 0 Å². The monoisotopic (exact) mass is 323 g/mol. The van der Waals surface area contributed by atoms with E-state index in [0.717, 1.165) is 15.9 Å². The van der Waals surface area contributed by atoms with Gasteiger partial charge in [0.2, 0.25) is 10.0 Å². The van der Waals surface area contributed by atoms with Crippen LogP contribution in [0.15, 0.2) is 53.4 Å². The molecule has 0 saturated heterocycles. The lowest BCUT2D eigenvalue weighted by molar-refractivity contribution is 0.286. The van der Waals surface area contributed by atoms with Crippen LogP contribution in [-0.2, 0) is 10.0 Å². The third kappa shape index (κ3) is 3.84. The van der Waals surface area contributed by atoms with Crippen LogP contribution in [0.2, 0.25) is 0 Å². The average Bonchev–Trinajstić information content (AvgIpc) is 2.49. The number of aryl methyl sites for hydroxylation is 1. The molecule has 0 heterocycles. The standard InChI is InChI=1S/C16H18FNO3S/c1-13-7-9-14(10-8-13)21-12-11-18(2)22(19,20)16-6-4-3-5-15(16)17/h3-10H,11-12H2,1-2H3. The first-order valence-corrected chi connectivity index (χ1v) is 8.25. The smallest absolute Gasteiger partial charge is 0.245 e. The molecule has 0 unspecified atom stereocenters. The van der Waals surface area contributed by atoms with Gasteiger partial charge in [0.15, 0.2) is 0 Å². The Kier molecular flexibility index (Phi) is 5.15. The molecule has 0 N–H and O–H groups in total. The van der Waals surface area contributed by atoms with E-state index in [1.807, 2.05) is 31.2 Å². The summed E-state index contributed by atoms with van der Waals surface area (Å²) in [7, 11) is -2.45. The summed E-state index contributed by atoms with van der Waals surface area (Å²) in [5, 5.41) is 0. The van der Waals surface area contributed by atoms with Gasteiger partial charge in [-0.05, 0) is 31.2 Å². The minimum absolute atomic E-state index is 0.130. The SMILES string of the molecule is Cc1ccc(OCCN(C)S(=O)(=O)c2ccccc2F)cc1. The topological polar surface area (TPSA) is 46.6 Å². The second kappa shape index (κ2) is 6.89. The Bertz CT molecular complexity index is 729. The lowest BCUT2D eigenvalue weighted by Gasteiger charge is -2.17. The highest BCUT2D eigenvalue weighted by Gasteiger charge is 2.23. The summed E-state index contributed by atoms with van der Waals surface area (Å²) in [5.41, 5.74) is 1.12. The second-order valence-corrected chi connectivity index (χ2v) is 6.93. The molecule has 2 rings (SSSR count). The molecule has 0 saturated carbocycles. The molecule has 0 aliphatic rings. The van der Waals surface area contributed by atoms with E-state index >= 15 is 0 Å². The van der Waals surface area contributed by atoms with E-state index in [-0.39, 0.29) is 18.0 Å². The quantitative estimate of drug-likeness (QED) is 0.821. The van der Waals surface area contributed by atoms with Crippen molar-refractivity contribution in [3.05, 3.63) is 59.9 Å². The number of rotatable bonds is 6. The molecule has 0 radical (unpaired) electrons. The van der Waals surface area contributed by atoms with Crippen molar-refractivity contribution in [2.75, 3.05) is 20.2 Å². The normalized spacial score (nSPS) is 11.6. The molecule has 0 aliphatic heterocycles. The van der Waals surface area contributed by atoms with Gasteiger partial charge in [-0.1, -0.05) is 29.8 Å². The van der Waals surface area contributed by atoms with Gasteiger partial charge in [-0.25, -0.2) is 12.8 Å². The number of hydrogen-bond acceptors (Lipinski definition) is 3. The zero-order valence-electron chi connectivity index (χ0n) is 12.5. The van der Waals surface area contributed by atoms with Crippen LogP contribution in [0.1, 0.15) is 5.56 Å². The van der Waals surface area contributed by atoms with E-state index in [4.69, 9.17) is 4.74 Å². The molecule has 0 bridgehead atoms. The van der Waals surface area contributed by atoms with Crippen LogP contribution in [0, 0.1) is 12.7 Å². The van der Waals surface area contributed by atoms with Gasteiger partial charge < -0.3 is 4.74 Å². The van der Waals surface area contributed by atoms with E-state index in [1.54, 1.807) is 0 Å². The van der Waals surface area contributed by atoms with Gasteiger partial charge in [0.1, 0.15) is 23.1 Å². The summed E-state index contributed by atoms with van der Waals surface area (Å²) in [4.78, 5) is -0.326. The van der Waals surface area contributed by atoms with Crippen LogP contribution in [-0.4, -0.2) is 32.9 Å². The Labute approximate surface area is 130 Å². The van der Waals surface area contributed by atoms with Crippen LogP contribution >= 0.6 is 0 Å². The fourth-order valence-corrected chi connectivity index (χ4v) is 3.08. The number of hydrogen-bond donors (Lipinski definition) is 0. The highest BCUT2D eigenvalue weighted by molar-refractivity contribution is 7.89. The lowest BCUT2D eigenvalue weighted by atomic mass is 10.2. The minimum Gasteiger partial charge on any atom is -0.492 e. The van der Waals surface area contributed by atoms with Crippen molar-refractivity contribution >= 4 is 10.0 Å². The van der Waals surface area contributed by atoms with Crippen LogP contribution < -0.4 is 4.74 Å². The molecule has 6 heteroatoms. The summed E-state index contributed by atoms with van der Waals surface area (Å²) in [6.45, 7) is 2.29. The van der Waals surface area contributed by atoms with Gasteiger partial charge in [0.05, 0.1) is 0 Å². The molecule has 0 atom stereocenters. The van der Waals surface area contributed by atoms with Crippen molar-refractivity contribution in [2.24, 2.45) is 0 Å². The fraction of sp³-hybridized carbons (Fsp3) is 0.250. The number of nitrogens with zero attached hydrogens (tertiary/aromatic N) is 1. The van der Waals surface area contributed by atoms with Gasteiger partial charge in [0, 0.05) is 13.6 Å². The lowest BCUT2D eigenvalue weighted by Crippen LogP contribution is -2.31. The van der Waals surface area contributed by atoms with Crippen molar-refractivity contribution in [1.29, 1.82) is 0 Å². The molecule has 4 nitrogen and oxygen atoms in total. The number of ether oxygens (including phenoxy) is 1. The largest absolute Gasteiger partial charge is 0.492 e. The van der Waals surface area contributed by atoms with E-state index < -0.39 is 15.8 Å². The van der Waals surface area contributed by atoms with Gasteiger partial charge in [0.25, 0.3) is 0 Å². The number of benzene rings is 2. The van der Waals surface area contributed by atoms with Crippen molar-refractivity contribution in [3.63, 3.8) is 0 Å². The average molecular weight is 323 g/mol. The van der Waals surface area contributed by atoms with Crippen molar-refractivity contribution in [3.8, 4) is 5.75 Å². The maximum Gasteiger partial charge on any atom is 0.245 e. The fourth-order valence-electron chi connectivity index (χ4n) is 1.87. The Morgan fingerprint density at radius 1 is 1.09 bits per heavy atom. The third-order valence-electron chi connectivity index (χ3n) is 3.22. The molecular formula is C16H18FNO3S. The van der Waals surface area contributed by atoms with Crippen molar-refractivity contribution in [1.82, 2.24) is 4.31 Å². The number of sulfonamides is 1. The first-order chi connectivity index (χ1) is 10.4. The summed E-state index contributed by atoms with van der Waals surface area (Å²) < 4.78 is 44.8. The van der Waals surface area contributed by atoms with E-state index in [9.17, 15) is 12.8 Å². The third-order valence-corrected chi connectivity index (χ3v) is 5.11. The summed E-state index contributed by atoms with van der Waals surface area (Å²) in [5.74, 6) is -0.0870. The molecular weight excluding hydrogens is 305 g/mol. The Morgan fingerprint density at radius 2 is 1.73 bits per heavy atom. The first-order valence-electron chi connectivity index (χ1n) is 6.81. The molecule has 0 aromatic heterocycles. The molecule has 2 aromatic carbocycles. The van der Waals surface area contributed by atoms with Crippen LogP contribution in [0.25, 0.3) is 0 Å². The Hall–Kier alpha value is -1.92. The molecule has 0 amide bonds. The van der Waals surface area contributed by atoms with Gasteiger partial charge >= 0.3 is 0 Å². The van der Waals surface area contributed by atoms with Crippen LogP contribution in [0.3, 0.4) is 0 Å². The molecule has 22 heavy (non-hydrogen) atoms. The van der Waals surface area contributed by atoms with E-state index in [2.05, 4.69) is 0 Å². The van der Waals surface area contributed by atoms with Gasteiger partial charge in [-0.2, -0.15) is 4.31 Å². The predicted molar refractivity (Wildman–Crippen MR) is 82.9 cm³/mol. The molecule has 0 aliphatic carbocycles. The maximum absolute atomic E-state index is 13.6. The summed E-state index contributed by atoms with van der Waals surface area (Å²) in [6, 6.07) is 12.8. The van der Waals surface area contributed by atoms with Gasteiger partial charge in [-0.15, -0.1) is 0 Å². The predicted octanol–water partition coefficient (Wildman–Crippen LogP) is 2.83. The number of halogens is 1. The van der Waals surface area contributed by atoms with E-state index in [0.29, 0.717) is 5.75 Å². The van der Waals surface area contributed by atoms with Crippen LogP contribution in [0.4, 0.5) is 4.39 Å². The number of likely N-dealkylation sites (N-methyl/N-ethyl adjacent to an activating group) is 1. The highest BCUT2D eigenvalue weighted by atomic mass is 32.2. The zero-order chi connectivity index (χ0) is 16.2. The van der Waals surface area contributed by atoms with Crippen molar-refractivity contribution in [2.45, 2.75) is 11.8 Å². The summed E-state index contributed by atoms with van der Waals surface area (Å²) in [6.07, 6.45) is 0. The molecule has 0 fully saturated rings. The first kappa shape index (κ1) is 16.5. The van der Waals surface area contributed by atoms with Crippen molar-refractivity contribution < 1.29 is 17.5 Å². The van der Waals surface area contributed by atoms with Crippen LogP contribution in [0.5, 0.6) is 5.75 Å². The molecule has 2 aromatic rings. The molecule has 0 spiro atoms. The minimum atomic E-state index is -3.85. The molecule has 118 valence electrons. The summed E-state index contributed by atoms with van der Waals surface area (Å²) >= 11 is 0. The maximum atomic E-state index is 13.6.